The summed E-state index contributed by atoms with van der Waals surface area (Å²) in [4.78, 5) is 10.0. The second-order valence-corrected chi connectivity index (χ2v) is 5.27. The first-order valence-electron chi connectivity index (χ1n) is 6.45. The smallest absolute Gasteiger partial charge is 0.237 e. The van der Waals surface area contributed by atoms with Crippen molar-refractivity contribution in [1.29, 1.82) is 0 Å². The predicted molar refractivity (Wildman–Crippen MR) is 77.6 cm³/mol. The fourth-order valence-corrected chi connectivity index (χ4v) is 2.70. The van der Waals surface area contributed by atoms with E-state index < -0.39 is 0 Å². The van der Waals surface area contributed by atoms with Gasteiger partial charge in [-0.3, -0.25) is 4.98 Å². The molecule has 2 heterocycles. The Bertz CT molecular complexity index is 487. The summed E-state index contributed by atoms with van der Waals surface area (Å²) < 4.78 is 5.32. The molecular weight excluding hydrogens is 258 g/mol. The summed E-state index contributed by atoms with van der Waals surface area (Å²) in [5, 5.41) is 5.62. The average molecular weight is 277 g/mol. The molecule has 2 aromatic heterocycles. The van der Waals surface area contributed by atoms with Crippen LogP contribution in [0, 0.1) is 0 Å². The van der Waals surface area contributed by atoms with Crippen molar-refractivity contribution < 1.29 is 4.74 Å². The van der Waals surface area contributed by atoms with E-state index in [1.165, 1.54) is 4.88 Å². The minimum atomic E-state index is 0.141. The highest BCUT2D eigenvalue weighted by molar-refractivity contribution is 7.09. The van der Waals surface area contributed by atoms with E-state index in [4.69, 9.17) is 4.74 Å². The van der Waals surface area contributed by atoms with E-state index in [-0.39, 0.29) is 6.04 Å². The second-order valence-electron chi connectivity index (χ2n) is 4.24. The highest BCUT2D eigenvalue weighted by atomic mass is 32.1. The highest BCUT2D eigenvalue weighted by Gasteiger charge is 2.18. The number of nitrogens with zero attached hydrogens (tertiary/aromatic N) is 2. The molecule has 102 valence electrons. The van der Waals surface area contributed by atoms with Crippen LogP contribution in [0.3, 0.4) is 0 Å². The molecule has 0 radical (unpaired) electrons. The molecule has 0 saturated heterocycles. The number of thiophene rings is 1. The van der Waals surface area contributed by atoms with Gasteiger partial charge in [-0.2, -0.15) is 0 Å². The van der Waals surface area contributed by atoms with Gasteiger partial charge in [-0.05, 0) is 24.4 Å². The first kappa shape index (κ1) is 14.0. The van der Waals surface area contributed by atoms with Crippen LogP contribution in [0.25, 0.3) is 0 Å². The first-order chi connectivity index (χ1) is 9.35. The molecule has 1 atom stereocenters. The summed E-state index contributed by atoms with van der Waals surface area (Å²) >= 11 is 1.76. The summed E-state index contributed by atoms with van der Waals surface area (Å²) in [6.45, 7) is 3.11. The lowest BCUT2D eigenvalue weighted by atomic mass is 10.1. The summed E-state index contributed by atoms with van der Waals surface area (Å²) in [6, 6.07) is 4.36. The number of hydrogen-bond donors (Lipinski definition) is 1. The Morgan fingerprint density at radius 2 is 2.21 bits per heavy atom. The second kappa shape index (κ2) is 7.21. The molecule has 0 aliphatic carbocycles. The summed E-state index contributed by atoms with van der Waals surface area (Å²) in [7, 11) is 1.63. The van der Waals surface area contributed by atoms with Crippen LogP contribution in [-0.2, 0) is 6.42 Å². The van der Waals surface area contributed by atoms with Crippen molar-refractivity contribution in [2.45, 2.75) is 25.8 Å². The van der Waals surface area contributed by atoms with Gasteiger partial charge in [0.15, 0.2) is 0 Å². The standard InChI is InChI=1S/C14H19N3OS/c1-3-6-15-12(10-11-5-4-9-19-11)13-14(18-2)17-8-7-16-13/h4-5,7-9,12,15H,3,6,10H2,1-2H3. The maximum atomic E-state index is 5.32. The largest absolute Gasteiger partial charge is 0.480 e. The maximum Gasteiger partial charge on any atom is 0.237 e. The van der Waals surface area contributed by atoms with Crippen molar-refractivity contribution >= 4 is 11.3 Å². The molecule has 0 spiro atoms. The Hall–Kier alpha value is -1.46. The SMILES string of the molecule is CCCNC(Cc1cccs1)c1nccnc1OC. The molecule has 19 heavy (non-hydrogen) atoms. The fourth-order valence-electron chi connectivity index (χ4n) is 1.95. The third-order valence-corrected chi connectivity index (χ3v) is 3.74. The third kappa shape index (κ3) is 3.75. The lowest BCUT2D eigenvalue weighted by molar-refractivity contribution is 0.376. The van der Waals surface area contributed by atoms with E-state index >= 15 is 0 Å². The fraction of sp³-hybridized carbons (Fsp3) is 0.429. The maximum absolute atomic E-state index is 5.32. The molecule has 4 nitrogen and oxygen atoms in total. The number of aromatic nitrogens is 2. The quantitative estimate of drug-likeness (QED) is 0.845. The van der Waals surface area contributed by atoms with E-state index in [0.717, 1.165) is 25.1 Å². The first-order valence-corrected chi connectivity index (χ1v) is 7.33. The summed E-state index contributed by atoms with van der Waals surface area (Å²) in [5.41, 5.74) is 0.881. The molecule has 0 aliphatic rings. The molecule has 0 aliphatic heterocycles. The molecule has 0 amide bonds. The van der Waals surface area contributed by atoms with Gasteiger partial charge >= 0.3 is 0 Å². The average Bonchev–Trinajstić information content (AvgIpc) is 2.96. The van der Waals surface area contributed by atoms with Crippen LogP contribution in [0.5, 0.6) is 5.88 Å². The minimum Gasteiger partial charge on any atom is -0.480 e. The van der Waals surface area contributed by atoms with E-state index in [1.54, 1.807) is 30.8 Å². The van der Waals surface area contributed by atoms with Gasteiger partial charge in [-0.25, -0.2) is 4.98 Å². The van der Waals surface area contributed by atoms with Crippen LogP contribution in [0.15, 0.2) is 29.9 Å². The van der Waals surface area contributed by atoms with Crippen molar-refractivity contribution in [2.75, 3.05) is 13.7 Å². The van der Waals surface area contributed by atoms with E-state index in [1.807, 2.05) is 0 Å². The Kier molecular flexibility index (Phi) is 5.30. The number of methoxy groups -OCH3 is 1. The molecule has 2 rings (SSSR count). The van der Waals surface area contributed by atoms with Crippen molar-refractivity contribution in [1.82, 2.24) is 15.3 Å². The zero-order valence-electron chi connectivity index (χ0n) is 11.3. The number of ether oxygens (including phenoxy) is 1. The zero-order valence-corrected chi connectivity index (χ0v) is 12.1. The van der Waals surface area contributed by atoms with Crippen molar-refractivity contribution in [3.63, 3.8) is 0 Å². The lowest BCUT2D eigenvalue weighted by Crippen LogP contribution is -2.25. The molecule has 5 heteroatoms. The van der Waals surface area contributed by atoms with Crippen LogP contribution in [-0.4, -0.2) is 23.6 Å². The Morgan fingerprint density at radius 3 is 2.89 bits per heavy atom. The van der Waals surface area contributed by atoms with Crippen molar-refractivity contribution in [2.24, 2.45) is 0 Å². The topological polar surface area (TPSA) is 47.0 Å². The monoisotopic (exact) mass is 277 g/mol. The van der Waals surface area contributed by atoms with Crippen molar-refractivity contribution in [3.05, 3.63) is 40.5 Å². The van der Waals surface area contributed by atoms with Gasteiger partial charge in [0, 0.05) is 23.7 Å². The van der Waals surface area contributed by atoms with Crippen LogP contribution in [0.2, 0.25) is 0 Å². The normalized spacial score (nSPS) is 12.3. The lowest BCUT2D eigenvalue weighted by Gasteiger charge is -2.18. The molecule has 2 aromatic rings. The third-order valence-electron chi connectivity index (χ3n) is 2.84. The molecule has 0 aromatic carbocycles. The number of hydrogen-bond acceptors (Lipinski definition) is 5. The summed E-state index contributed by atoms with van der Waals surface area (Å²) in [5.74, 6) is 0.604. The van der Waals surface area contributed by atoms with E-state index in [0.29, 0.717) is 5.88 Å². The molecule has 0 fully saturated rings. The van der Waals surface area contributed by atoms with Gasteiger partial charge in [-0.15, -0.1) is 11.3 Å². The molecule has 0 bridgehead atoms. The van der Waals surface area contributed by atoms with Crippen LogP contribution >= 0.6 is 11.3 Å². The molecule has 0 saturated carbocycles. The molecule has 1 unspecified atom stereocenters. The highest BCUT2D eigenvalue weighted by Crippen LogP contribution is 2.25. The summed E-state index contributed by atoms with van der Waals surface area (Å²) in [6.07, 6.45) is 5.37. The van der Waals surface area contributed by atoms with Crippen LogP contribution in [0.4, 0.5) is 0 Å². The number of nitrogens with one attached hydrogen (secondary N) is 1. The molecular formula is C14H19N3OS. The minimum absolute atomic E-state index is 0.141. The van der Waals surface area contributed by atoms with Gasteiger partial charge in [-0.1, -0.05) is 13.0 Å². The van der Waals surface area contributed by atoms with Gasteiger partial charge in [0.05, 0.1) is 13.2 Å². The van der Waals surface area contributed by atoms with Gasteiger partial charge < -0.3 is 10.1 Å². The predicted octanol–water partition coefficient (Wildman–Crippen LogP) is 2.83. The molecule has 1 N–H and O–H groups in total. The van der Waals surface area contributed by atoms with Gasteiger partial charge in [0.2, 0.25) is 5.88 Å². The van der Waals surface area contributed by atoms with Gasteiger partial charge in [0.25, 0.3) is 0 Å². The Balaban J connectivity index is 2.20. The van der Waals surface area contributed by atoms with Gasteiger partial charge in [0.1, 0.15) is 5.69 Å². The van der Waals surface area contributed by atoms with E-state index in [9.17, 15) is 0 Å². The zero-order chi connectivity index (χ0) is 13.5. The van der Waals surface area contributed by atoms with E-state index in [2.05, 4.69) is 39.7 Å². The Morgan fingerprint density at radius 1 is 1.37 bits per heavy atom. The number of rotatable bonds is 7. The Labute approximate surface area is 117 Å². The van der Waals surface area contributed by atoms with Crippen molar-refractivity contribution in [3.8, 4) is 5.88 Å². The van der Waals surface area contributed by atoms with Crippen LogP contribution in [0.1, 0.15) is 30.0 Å². The van der Waals surface area contributed by atoms with Crippen LogP contribution < -0.4 is 10.1 Å².